The van der Waals surface area contributed by atoms with Gasteiger partial charge in [-0.2, -0.15) is 13.2 Å². The number of nitrogens with zero attached hydrogens (tertiary/aromatic N) is 1. The average molecular weight is 293 g/mol. The normalized spacial score (nSPS) is 11.6. The second kappa shape index (κ2) is 4.89. The van der Waals surface area contributed by atoms with Gasteiger partial charge in [-0.25, -0.2) is 8.42 Å². The van der Waals surface area contributed by atoms with Crippen molar-refractivity contribution in [1.82, 2.24) is 0 Å². The summed E-state index contributed by atoms with van der Waals surface area (Å²) < 4.78 is 59.0. The first kappa shape index (κ1) is 15.0. The number of hydrogen-bond donors (Lipinski definition) is 0. The molecule has 0 unspecified atom stereocenters. The van der Waals surface area contributed by atoms with E-state index in [9.17, 15) is 31.7 Å². The Morgan fingerprint density at radius 3 is 2.26 bits per heavy atom. The fourth-order valence-corrected chi connectivity index (χ4v) is 1.41. The second-order valence-electron chi connectivity index (χ2n) is 3.52. The van der Waals surface area contributed by atoms with Crippen LogP contribution in [0.1, 0.15) is 11.1 Å². The van der Waals surface area contributed by atoms with E-state index in [1.54, 1.807) is 5.25 Å². The van der Waals surface area contributed by atoms with E-state index < -0.39 is 37.8 Å². The van der Waals surface area contributed by atoms with E-state index in [4.69, 9.17) is 0 Å². The van der Waals surface area contributed by atoms with Crippen LogP contribution < -0.4 is 0 Å². The van der Waals surface area contributed by atoms with E-state index in [1.165, 1.54) is 0 Å². The fourth-order valence-electron chi connectivity index (χ4n) is 1.10. The number of hydrogen-bond acceptors (Lipinski definition) is 4. The first-order chi connectivity index (χ1) is 8.49. The molecule has 0 aliphatic rings. The van der Waals surface area contributed by atoms with Crippen LogP contribution in [0.3, 0.4) is 0 Å². The van der Waals surface area contributed by atoms with Gasteiger partial charge in [0, 0.05) is 22.9 Å². The Kier molecular flexibility index (Phi) is 3.86. The van der Waals surface area contributed by atoms with E-state index in [2.05, 4.69) is 0 Å². The molecule has 0 N–H and O–H groups in total. The highest BCUT2D eigenvalue weighted by atomic mass is 32.2. The standard InChI is InChI=1S/C10H6F3NO4S/c1-19(17,18)3-2-7-4-8(10(11,12)13)6-9(5-7)14(15)16/h4-6H,1H3. The summed E-state index contributed by atoms with van der Waals surface area (Å²) in [5.41, 5.74) is -2.47. The van der Waals surface area contributed by atoms with Crippen molar-refractivity contribution in [2.24, 2.45) is 0 Å². The van der Waals surface area contributed by atoms with E-state index in [1.807, 2.05) is 5.92 Å². The molecule has 1 aromatic carbocycles. The number of nitro groups is 1. The number of alkyl halides is 3. The predicted molar refractivity (Wildman–Crippen MR) is 59.8 cm³/mol. The molecule has 0 spiro atoms. The number of nitro benzene ring substituents is 1. The lowest BCUT2D eigenvalue weighted by Crippen LogP contribution is -2.06. The maximum absolute atomic E-state index is 12.5. The first-order valence-corrected chi connectivity index (χ1v) is 6.47. The molecule has 0 aliphatic carbocycles. The van der Waals surface area contributed by atoms with Crippen molar-refractivity contribution in [3.8, 4) is 11.2 Å². The Bertz CT molecular complexity index is 683. The zero-order valence-corrected chi connectivity index (χ0v) is 10.2. The molecule has 9 heteroatoms. The van der Waals surface area contributed by atoms with Crippen molar-refractivity contribution >= 4 is 15.5 Å². The Balaban J connectivity index is 3.44. The third-order valence-electron chi connectivity index (χ3n) is 1.84. The van der Waals surface area contributed by atoms with Crippen molar-refractivity contribution in [3.63, 3.8) is 0 Å². The van der Waals surface area contributed by atoms with Gasteiger partial charge in [0.05, 0.1) is 16.7 Å². The lowest BCUT2D eigenvalue weighted by Gasteiger charge is -2.06. The third kappa shape index (κ3) is 4.59. The predicted octanol–water partition coefficient (Wildman–Crippen LogP) is 1.97. The number of benzene rings is 1. The summed E-state index contributed by atoms with van der Waals surface area (Å²) in [6.07, 6.45) is -4.02. The molecule has 0 heterocycles. The van der Waals surface area contributed by atoms with Crippen LogP contribution >= 0.6 is 0 Å². The van der Waals surface area contributed by atoms with Crippen LogP contribution in [0.25, 0.3) is 0 Å². The van der Waals surface area contributed by atoms with E-state index in [-0.39, 0.29) is 0 Å². The highest BCUT2D eigenvalue weighted by Gasteiger charge is 2.32. The second-order valence-corrected chi connectivity index (χ2v) is 5.27. The average Bonchev–Trinajstić information content (AvgIpc) is 2.23. The Hall–Kier alpha value is -2.08. The van der Waals surface area contributed by atoms with Gasteiger partial charge >= 0.3 is 6.18 Å². The summed E-state index contributed by atoms with van der Waals surface area (Å²) in [6.45, 7) is 0. The molecule has 0 fully saturated rings. The van der Waals surface area contributed by atoms with Crippen LogP contribution in [0.2, 0.25) is 0 Å². The van der Waals surface area contributed by atoms with Crippen LogP contribution in [0, 0.1) is 21.3 Å². The largest absolute Gasteiger partial charge is 0.416 e. The molecule has 102 valence electrons. The Morgan fingerprint density at radius 1 is 1.26 bits per heavy atom. The molecule has 1 aromatic rings. The molecule has 5 nitrogen and oxygen atoms in total. The molecular weight excluding hydrogens is 287 g/mol. The number of sulfone groups is 1. The van der Waals surface area contributed by atoms with Crippen molar-refractivity contribution in [2.45, 2.75) is 6.18 Å². The van der Waals surface area contributed by atoms with Crippen LogP contribution in [-0.2, 0) is 16.0 Å². The molecule has 0 radical (unpaired) electrons. The Labute approximate surface area is 106 Å². The summed E-state index contributed by atoms with van der Waals surface area (Å²) >= 11 is 0. The molecule has 0 bridgehead atoms. The van der Waals surface area contributed by atoms with Gasteiger partial charge in [-0.3, -0.25) is 10.1 Å². The molecule has 0 saturated heterocycles. The van der Waals surface area contributed by atoms with Crippen molar-refractivity contribution in [3.05, 3.63) is 39.4 Å². The summed E-state index contributed by atoms with van der Waals surface area (Å²) in [4.78, 5) is 9.49. The van der Waals surface area contributed by atoms with Crippen molar-refractivity contribution < 1.29 is 26.5 Å². The van der Waals surface area contributed by atoms with Gasteiger partial charge in [0.25, 0.3) is 5.69 Å². The van der Waals surface area contributed by atoms with Gasteiger partial charge in [-0.15, -0.1) is 0 Å². The summed E-state index contributed by atoms with van der Waals surface area (Å²) in [6, 6.07) is 1.67. The minimum Gasteiger partial charge on any atom is -0.258 e. The zero-order valence-electron chi connectivity index (χ0n) is 9.35. The number of non-ortho nitro benzene ring substituents is 1. The summed E-state index contributed by atoms with van der Waals surface area (Å²) in [5.74, 6) is 1.95. The van der Waals surface area contributed by atoms with Gasteiger partial charge in [0.15, 0.2) is 0 Å². The molecule has 0 aliphatic heterocycles. The van der Waals surface area contributed by atoms with Gasteiger partial charge < -0.3 is 0 Å². The topological polar surface area (TPSA) is 77.3 Å². The molecule has 1 rings (SSSR count). The first-order valence-electron chi connectivity index (χ1n) is 4.58. The minimum atomic E-state index is -4.78. The van der Waals surface area contributed by atoms with Crippen LogP contribution in [0.5, 0.6) is 0 Å². The highest BCUT2D eigenvalue weighted by molar-refractivity contribution is 7.95. The molecular formula is C10H6F3NO4S. The van der Waals surface area contributed by atoms with Crippen LogP contribution in [0.4, 0.5) is 18.9 Å². The van der Waals surface area contributed by atoms with Crippen molar-refractivity contribution in [2.75, 3.05) is 6.26 Å². The highest BCUT2D eigenvalue weighted by Crippen LogP contribution is 2.32. The van der Waals surface area contributed by atoms with Gasteiger partial charge in [-0.1, -0.05) is 0 Å². The maximum Gasteiger partial charge on any atom is 0.416 e. The zero-order chi connectivity index (χ0) is 14.8. The van der Waals surface area contributed by atoms with Crippen LogP contribution in [-0.4, -0.2) is 19.6 Å². The molecule has 0 atom stereocenters. The summed E-state index contributed by atoms with van der Waals surface area (Å²) in [7, 11) is -3.72. The molecule has 0 amide bonds. The van der Waals surface area contributed by atoms with Crippen molar-refractivity contribution in [1.29, 1.82) is 0 Å². The van der Waals surface area contributed by atoms with Gasteiger partial charge in [0.2, 0.25) is 9.84 Å². The minimum absolute atomic E-state index is 0.353. The molecule has 0 aromatic heterocycles. The number of halogens is 3. The van der Waals surface area contributed by atoms with E-state index in [0.29, 0.717) is 12.1 Å². The fraction of sp³-hybridized carbons (Fsp3) is 0.200. The maximum atomic E-state index is 12.5. The van der Waals surface area contributed by atoms with E-state index in [0.717, 1.165) is 12.3 Å². The monoisotopic (exact) mass is 293 g/mol. The smallest absolute Gasteiger partial charge is 0.258 e. The van der Waals surface area contributed by atoms with Gasteiger partial charge in [0.1, 0.15) is 0 Å². The lowest BCUT2D eigenvalue weighted by molar-refractivity contribution is -0.385. The Morgan fingerprint density at radius 2 is 1.84 bits per heavy atom. The quantitative estimate of drug-likeness (QED) is 0.450. The third-order valence-corrected chi connectivity index (χ3v) is 2.31. The molecule has 19 heavy (non-hydrogen) atoms. The van der Waals surface area contributed by atoms with Crippen LogP contribution in [0.15, 0.2) is 18.2 Å². The SMILES string of the molecule is CS(=O)(=O)C#Cc1cc([N+](=O)[O-])cc(C(F)(F)F)c1. The van der Waals surface area contributed by atoms with Gasteiger partial charge in [-0.05, 0) is 12.0 Å². The summed E-state index contributed by atoms with van der Waals surface area (Å²) in [5, 5.41) is 12.2. The van der Waals surface area contributed by atoms with E-state index >= 15 is 0 Å². The molecule has 0 saturated carbocycles. The lowest BCUT2D eigenvalue weighted by atomic mass is 10.1. The number of rotatable bonds is 1.